The number of fused-ring (bicyclic) bond motifs is 2. The van der Waals surface area contributed by atoms with E-state index in [1.807, 2.05) is 0 Å². The molecule has 6 unspecified atom stereocenters. The Kier molecular flexibility index (Phi) is 2.87. The summed E-state index contributed by atoms with van der Waals surface area (Å²) in [6.07, 6.45) is 9.16. The van der Waals surface area contributed by atoms with E-state index in [-0.39, 0.29) is 11.2 Å². The molecular weight excluding hydrogens is 248 g/mol. The van der Waals surface area contributed by atoms with Crippen LogP contribution in [0.15, 0.2) is 0 Å². The first-order valence-electron chi connectivity index (χ1n) is 8.77. The Morgan fingerprint density at radius 2 is 1.25 bits per heavy atom. The van der Waals surface area contributed by atoms with Crippen molar-refractivity contribution in [3.8, 4) is 0 Å². The highest BCUT2D eigenvalue weighted by atomic mass is 16.6. The van der Waals surface area contributed by atoms with Crippen LogP contribution >= 0.6 is 0 Å². The van der Waals surface area contributed by atoms with Gasteiger partial charge >= 0.3 is 0 Å². The lowest BCUT2D eigenvalue weighted by molar-refractivity contribution is 0.0885. The van der Waals surface area contributed by atoms with E-state index in [9.17, 15) is 0 Å². The van der Waals surface area contributed by atoms with Gasteiger partial charge in [0.1, 0.15) is 0 Å². The van der Waals surface area contributed by atoms with Crippen molar-refractivity contribution in [2.75, 3.05) is 0 Å². The van der Waals surface area contributed by atoms with E-state index in [1.165, 1.54) is 38.5 Å². The molecule has 20 heavy (non-hydrogen) atoms. The monoisotopic (exact) mass is 278 g/mol. The predicted molar refractivity (Wildman–Crippen MR) is 79.6 cm³/mol. The van der Waals surface area contributed by atoms with Gasteiger partial charge in [-0.1, -0.05) is 13.8 Å². The Hall–Kier alpha value is -0.0800. The molecule has 0 radical (unpaired) electrons. The summed E-state index contributed by atoms with van der Waals surface area (Å²) in [5, 5.41) is 0. The maximum Gasteiger partial charge on any atom is 0.0923 e. The van der Waals surface area contributed by atoms with Crippen molar-refractivity contribution in [3.63, 3.8) is 0 Å². The molecule has 0 amide bonds. The van der Waals surface area contributed by atoms with Crippen molar-refractivity contribution in [2.45, 2.75) is 89.6 Å². The highest BCUT2D eigenvalue weighted by Crippen LogP contribution is 2.57. The summed E-state index contributed by atoms with van der Waals surface area (Å²) < 4.78 is 11.9. The Morgan fingerprint density at radius 3 is 1.60 bits per heavy atom. The van der Waals surface area contributed by atoms with Crippen LogP contribution in [0.1, 0.15) is 66.2 Å². The zero-order valence-electron chi connectivity index (χ0n) is 13.5. The van der Waals surface area contributed by atoms with Crippen molar-refractivity contribution >= 4 is 0 Å². The number of epoxide rings is 2. The van der Waals surface area contributed by atoms with Gasteiger partial charge in [-0.2, -0.15) is 0 Å². The zero-order chi connectivity index (χ0) is 14.1. The van der Waals surface area contributed by atoms with E-state index in [0.29, 0.717) is 12.2 Å². The van der Waals surface area contributed by atoms with Crippen molar-refractivity contribution < 1.29 is 9.47 Å². The molecule has 0 bridgehead atoms. The maximum atomic E-state index is 5.94. The first kappa shape index (κ1) is 13.6. The second-order valence-electron chi connectivity index (χ2n) is 8.74. The van der Waals surface area contributed by atoms with Crippen LogP contribution in [0, 0.1) is 23.7 Å². The number of rotatable bonds is 3. The molecule has 2 nitrogen and oxygen atoms in total. The summed E-state index contributed by atoms with van der Waals surface area (Å²) >= 11 is 0. The minimum Gasteiger partial charge on any atom is -0.366 e. The molecular formula is C18H30O2. The molecule has 4 rings (SSSR count). The number of hydrogen-bond acceptors (Lipinski definition) is 2. The van der Waals surface area contributed by atoms with Gasteiger partial charge in [0.05, 0.1) is 23.4 Å². The van der Waals surface area contributed by atoms with Crippen LogP contribution in [-0.2, 0) is 9.47 Å². The molecule has 6 atom stereocenters. The fourth-order valence-electron chi connectivity index (χ4n) is 5.78. The average molecular weight is 278 g/mol. The highest BCUT2D eigenvalue weighted by Gasteiger charge is 2.60. The van der Waals surface area contributed by atoms with Gasteiger partial charge in [-0.15, -0.1) is 0 Å². The Morgan fingerprint density at radius 1 is 0.800 bits per heavy atom. The van der Waals surface area contributed by atoms with Crippen molar-refractivity contribution in [1.29, 1.82) is 0 Å². The molecule has 0 aromatic carbocycles. The van der Waals surface area contributed by atoms with Gasteiger partial charge in [-0.3, -0.25) is 0 Å². The van der Waals surface area contributed by atoms with Gasteiger partial charge in [0.2, 0.25) is 0 Å². The molecule has 2 heterocycles. The predicted octanol–water partition coefficient (Wildman–Crippen LogP) is 4.17. The molecule has 0 N–H and O–H groups in total. The maximum absolute atomic E-state index is 5.94. The molecule has 4 aliphatic rings. The van der Waals surface area contributed by atoms with E-state index in [4.69, 9.17) is 9.47 Å². The topological polar surface area (TPSA) is 25.1 Å². The van der Waals surface area contributed by atoms with Crippen molar-refractivity contribution in [2.24, 2.45) is 23.7 Å². The van der Waals surface area contributed by atoms with E-state index in [1.54, 1.807) is 0 Å². The average Bonchev–Trinajstić information content (AvgIpc) is 3.21. The molecule has 114 valence electrons. The van der Waals surface area contributed by atoms with Gasteiger partial charge in [0, 0.05) is 0 Å². The fraction of sp³-hybridized carbons (Fsp3) is 1.00. The van der Waals surface area contributed by atoms with Gasteiger partial charge in [-0.05, 0) is 76.0 Å². The lowest BCUT2D eigenvalue weighted by Crippen LogP contribution is -2.37. The highest BCUT2D eigenvalue weighted by molar-refractivity contribution is 5.08. The van der Waals surface area contributed by atoms with Gasteiger partial charge in [-0.25, -0.2) is 0 Å². The van der Waals surface area contributed by atoms with E-state index >= 15 is 0 Å². The minimum atomic E-state index is 0.243. The summed E-state index contributed by atoms with van der Waals surface area (Å²) in [7, 11) is 0. The lowest BCUT2D eigenvalue weighted by atomic mass is 9.63. The molecule has 0 aromatic rings. The van der Waals surface area contributed by atoms with Crippen LogP contribution < -0.4 is 0 Å². The molecule has 2 aliphatic heterocycles. The molecule has 2 heteroatoms. The van der Waals surface area contributed by atoms with Crippen LogP contribution in [0.3, 0.4) is 0 Å². The van der Waals surface area contributed by atoms with Crippen LogP contribution in [0.5, 0.6) is 0 Å². The van der Waals surface area contributed by atoms with Crippen LogP contribution in [-0.4, -0.2) is 23.4 Å². The fourth-order valence-corrected chi connectivity index (χ4v) is 5.78. The summed E-state index contributed by atoms with van der Waals surface area (Å²) in [6.45, 7) is 9.55. The van der Waals surface area contributed by atoms with Gasteiger partial charge in [0.25, 0.3) is 0 Å². The summed E-state index contributed by atoms with van der Waals surface area (Å²) in [6, 6.07) is 0. The summed E-state index contributed by atoms with van der Waals surface area (Å²) in [5.41, 5.74) is 0.487. The Labute approximate surface area is 123 Å². The third-order valence-electron chi connectivity index (χ3n) is 6.86. The minimum absolute atomic E-state index is 0.243. The quantitative estimate of drug-likeness (QED) is 0.724. The van der Waals surface area contributed by atoms with E-state index in [2.05, 4.69) is 27.7 Å². The summed E-state index contributed by atoms with van der Waals surface area (Å²) in [5.74, 6) is 3.42. The number of ether oxygens (including phenoxy) is 2. The number of hydrogen-bond donors (Lipinski definition) is 0. The van der Waals surface area contributed by atoms with Crippen molar-refractivity contribution in [3.05, 3.63) is 0 Å². The molecule has 2 aliphatic carbocycles. The Balaban J connectivity index is 1.49. The smallest absolute Gasteiger partial charge is 0.0923 e. The second kappa shape index (κ2) is 4.23. The first-order chi connectivity index (χ1) is 9.41. The normalized spacial score (nSPS) is 55.0. The molecule has 0 aromatic heterocycles. The van der Waals surface area contributed by atoms with Crippen LogP contribution in [0.4, 0.5) is 0 Å². The molecule has 2 saturated heterocycles. The van der Waals surface area contributed by atoms with E-state index < -0.39 is 0 Å². The van der Waals surface area contributed by atoms with Crippen LogP contribution in [0.25, 0.3) is 0 Å². The second-order valence-corrected chi connectivity index (χ2v) is 8.74. The molecule has 0 spiro atoms. The van der Waals surface area contributed by atoms with Crippen LogP contribution in [0.2, 0.25) is 0 Å². The van der Waals surface area contributed by atoms with Gasteiger partial charge < -0.3 is 9.47 Å². The SMILES string of the molecule is CC(C)C(C1CCC2OC2(C)C1)C1CCC2OC2(C)C1. The van der Waals surface area contributed by atoms with Crippen molar-refractivity contribution in [1.82, 2.24) is 0 Å². The third-order valence-corrected chi connectivity index (χ3v) is 6.86. The van der Waals surface area contributed by atoms with E-state index in [0.717, 1.165) is 23.7 Å². The third kappa shape index (κ3) is 2.06. The molecule has 2 saturated carbocycles. The zero-order valence-corrected chi connectivity index (χ0v) is 13.5. The van der Waals surface area contributed by atoms with Gasteiger partial charge in [0.15, 0.2) is 0 Å². The Bertz CT molecular complexity index is 372. The first-order valence-corrected chi connectivity index (χ1v) is 8.77. The standard InChI is InChI=1S/C18H30O2/c1-11(2)16(12-5-7-14-17(3,9-12)19-14)13-6-8-15-18(4,10-13)20-15/h11-16H,5-10H2,1-4H3. The molecule has 4 fully saturated rings. The lowest BCUT2D eigenvalue weighted by Gasteiger charge is -2.41. The summed E-state index contributed by atoms with van der Waals surface area (Å²) in [4.78, 5) is 0. The largest absolute Gasteiger partial charge is 0.366 e.